The lowest BCUT2D eigenvalue weighted by atomic mass is 10.0. The molecule has 0 radical (unpaired) electrons. The van der Waals surface area contributed by atoms with E-state index in [2.05, 4.69) is 20.5 Å². The summed E-state index contributed by atoms with van der Waals surface area (Å²) in [6, 6.07) is 9.43. The quantitative estimate of drug-likeness (QED) is 0.479. The second kappa shape index (κ2) is 8.34. The maximum atomic E-state index is 13.8. The summed E-state index contributed by atoms with van der Waals surface area (Å²) in [5.74, 6) is -0.300. The van der Waals surface area contributed by atoms with Gasteiger partial charge < -0.3 is 5.32 Å². The summed E-state index contributed by atoms with van der Waals surface area (Å²) in [7, 11) is 1.76. The van der Waals surface area contributed by atoms with E-state index in [0.717, 1.165) is 22.9 Å². The Balaban J connectivity index is 1.69. The van der Waals surface area contributed by atoms with Gasteiger partial charge in [0, 0.05) is 37.0 Å². The SMILES string of the molecule is Cc1nn(C)cc1CNC(=O)c1cc2nc(-c3ccc(C(C)C)cc3)cc(C(F)(F)F)n2n1. The number of amides is 1. The van der Waals surface area contributed by atoms with Gasteiger partial charge in [0.2, 0.25) is 0 Å². The summed E-state index contributed by atoms with van der Waals surface area (Å²) in [4.78, 5) is 16.9. The molecule has 33 heavy (non-hydrogen) atoms. The van der Waals surface area contributed by atoms with E-state index in [1.54, 1.807) is 37.0 Å². The molecule has 3 heterocycles. The number of carbonyl (C=O) groups excluding carboxylic acids is 1. The monoisotopic (exact) mass is 456 g/mol. The molecule has 7 nitrogen and oxygen atoms in total. The molecule has 172 valence electrons. The van der Waals surface area contributed by atoms with E-state index < -0.39 is 17.8 Å². The summed E-state index contributed by atoms with van der Waals surface area (Å²) in [5, 5.41) is 10.8. The van der Waals surface area contributed by atoms with Gasteiger partial charge in [-0.3, -0.25) is 9.48 Å². The van der Waals surface area contributed by atoms with Crippen molar-refractivity contribution in [3.05, 3.63) is 70.8 Å². The number of fused-ring (bicyclic) bond motifs is 1. The van der Waals surface area contributed by atoms with Crippen LogP contribution in [0.2, 0.25) is 0 Å². The summed E-state index contributed by atoms with van der Waals surface area (Å²) in [6.07, 6.45) is -2.92. The Labute approximate surface area is 188 Å². The lowest BCUT2D eigenvalue weighted by Gasteiger charge is -2.11. The summed E-state index contributed by atoms with van der Waals surface area (Å²) < 4.78 is 43.7. The van der Waals surface area contributed by atoms with Crippen molar-refractivity contribution in [2.24, 2.45) is 7.05 Å². The average molecular weight is 456 g/mol. The van der Waals surface area contributed by atoms with Crippen LogP contribution in [0.25, 0.3) is 16.9 Å². The molecule has 4 aromatic rings. The van der Waals surface area contributed by atoms with Crippen LogP contribution in [0.1, 0.15) is 52.8 Å². The molecule has 10 heteroatoms. The minimum atomic E-state index is -4.68. The van der Waals surface area contributed by atoms with Crippen LogP contribution < -0.4 is 5.32 Å². The zero-order valence-electron chi connectivity index (χ0n) is 18.6. The van der Waals surface area contributed by atoms with Crippen LogP contribution in [-0.2, 0) is 19.8 Å². The largest absolute Gasteiger partial charge is 0.433 e. The molecule has 0 saturated carbocycles. The van der Waals surface area contributed by atoms with E-state index in [0.29, 0.717) is 16.0 Å². The fourth-order valence-electron chi connectivity index (χ4n) is 3.56. The number of benzene rings is 1. The van der Waals surface area contributed by atoms with E-state index in [1.807, 2.05) is 26.0 Å². The number of nitrogens with zero attached hydrogens (tertiary/aromatic N) is 5. The Hall–Kier alpha value is -3.69. The molecular weight excluding hydrogens is 433 g/mol. The summed E-state index contributed by atoms with van der Waals surface area (Å²) in [5.41, 5.74) is 2.12. The summed E-state index contributed by atoms with van der Waals surface area (Å²) >= 11 is 0. The predicted molar refractivity (Wildman–Crippen MR) is 117 cm³/mol. The second-order valence-electron chi connectivity index (χ2n) is 8.20. The van der Waals surface area contributed by atoms with Crippen molar-refractivity contribution in [1.29, 1.82) is 0 Å². The lowest BCUT2D eigenvalue weighted by Crippen LogP contribution is -2.23. The highest BCUT2D eigenvalue weighted by atomic mass is 19.4. The van der Waals surface area contributed by atoms with Gasteiger partial charge in [0.15, 0.2) is 17.0 Å². The van der Waals surface area contributed by atoms with Gasteiger partial charge in [0.25, 0.3) is 5.91 Å². The normalized spacial score (nSPS) is 12.0. The maximum absolute atomic E-state index is 13.8. The van der Waals surface area contributed by atoms with E-state index in [4.69, 9.17) is 0 Å². The first-order valence-electron chi connectivity index (χ1n) is 10.4. The highest BCUT2D eigenvalue weighted by Gasteiger charge is 2.35. The van der Waals surface area contributed by atoms with Crippen LogP contribution >= 0.6 is 0 Å². The van der Waals surface area contributed by atoms with Gasteiger partial charge in [-0.1, -0.05) is 38.1 Å². The molecule has 0 aliphatic carbocycles. The molecule has 1 aromatic carbocycles. The number of alkyl halides is 3. The minimum absolute atomic E-state index is 0.0598. The molecule has 0 atom stereocenters. The third kappa shape index (κ3) is 4.59. The molecular formula is C23H23F3N6O. The van der Waals surface area contributed by atoms with Crippen LogP contribution in [0.5, 0.6) is 0 Å². The van der Waals surface area contributed by atoms with E-state index in [1.165, 1.54) is 6.07 Å². The molecule has 0 spiro atoms. The van der Waals surface area contributed by atoms with Gasteiger partial charge in [-0.15, -0.1) is 0 Å². The van der Waals surface area contributed by atoms with Crippen molar-refractivity contribution >= 4 is 11.6 Å². The van der Waals surface area contributed by atoms with Gasteiger partial charge in [-0.25, -0.2) is 9.50 Å². The molecule has 4 rings (SSSR count). The Kier molecular flexibility index (Phi) is 5.69. The standard InChI is InChI=1S/C23H23F3N6O/c1-13(2)15-5-7-16(8-6-15)18-9-20(23(24,25)26)32-21(28-18)10-19(30-32)22(33)27-11-17-12-31(4)29-14(17)3/h5-10,12-13H,11H2,1-4H3,(H,27,33). The molecule has 0 aliphatic heterocycles. The Morgan fingerprint density at radius 3 is 2.39 bits per heavy atom. The second-order valence-corrected chi connectivity index (χ2v) is 8.20. The number of carbonyl (C=O) groups is 1. The molecule has 0 bridgehead atoms. The van der Waals surface area contributed by atoms with Gasteiger partial charge in [0.05, 0.1) is 11.4 Å². The van der Waals surface area contributed by atoms with Crippen LogP contribution in [0, 0.1) is 6.92 Å². The highest BCUT2D eigenvalue weighted by molar-refractivity contribution is 5.93. The number of halogens is 3. The summed E-state index contributed by atoms with van der Waals surface area (Å²) in [6.45, 7) is 6.06. The van der Waals surface area contributed by atoms with E-state index >= 15 is 0 Å². The van der Waals surface area contributed by atoms with E-state index in [9.17, 15) is 18.0 Å². The first-order chi connectivity index (χ1) is 15.5. The van der Waals surface area contributed by atoms with Gasteiger partial charge in [-0.2, -0.15) is 23.4 Å². The molecule has 1 N–H and O–H groups in total. The van der Waals surface area contributed by atoms with Crippen molar-refractivity contribution in [1.82, 2.24) is 29.7 Å². The zero-order chi connectivity index (χ0) is 23.9. The number of rotatable bonds is 5. The Morgan fingerprint density at radius 1 is 1.12 bits per heavy atom. The van der Waals surface area contributed by atoms with Crippen LogP contribution in [-0.4, -0.2) is 30.3 Å². The maximum Gasteiger partial charge on any atom is 0.433 e. The molecule has 0 fully saturated rings. The number of hydrogen-bond acceptors (Lipinski definition) is 4. The van der Waals surface area contributed by atoms with Crippen LogP contribution in [0.4, 0.5) is 13.2 Å². The first-order valence-corrected chi connectivity index (χ1v) is 10.4. The number of hydrogen-bond donors (Lipinski definition) is 1. The molecule has 0 saturated heterocycles. The third-order valence-corrected chi connectivity index (χ3v) is 5.38. The zero-order valence-corrected chi connectivity index (χ0v) is 18.6. The minimum Gasteiger partial charge on any atom is -0.346 e. The van der Waals surface area contributed by atoms with E-state index in [-0.39, 0.29) is 23.6 Å². The molecule has 0 unspecified atom stereocenters. The first kappa shape index (κ1) is 22.5. The lowest BCUT2D eigenvalue weighted by molar-refractivity contribution is -0.142. The molecule has 0 aliphatic rings. The van der Waals surface area contributed by atoms with Crippen molar-refractivity contribution in [2.75, 3.05) is 0 Å². The van der Waals surface area contributed by atoms with Crippen molar-refractivity contribution in [3.8, 4) is 11.3 Å². The predicted octanol–water partition coefficient (Wildman–Crippen LogP) is 4.51. The fourth-order valence-corrected chi connectivity index (χ4v) is 3.56. The smallest absolute Gasteiger partial charge is 0.346 e. The average Bonchev–Trinajstić information content (AvgIpc) is 3.32. The van der Waals surface area contributed by atoms with Gasteiger partial charge in [0.1, 0.15) is 0 Å². The van der Waals surface area contributed by atoms with Crippen LogP contribution in [0.15, 0.2) is 42.6 Å². The molecule has 1 amide bonds. The van der Waals surface area contributed by atoms with Crippen molar-refractivity contribution in [3.63, 3.8) is 0 Å². The molecule has 3 aromatic heterocycles. The Morgan fingerprint density at radius 2 is 1.82 bits per heavy atom. The van der Waals surface area contributed by atoms with Crippen molar-refractivity contribution < 1.29 is 18.0 Å². The van der Waals surface area contributed by atoms with Crippen molar-refractivity contribution in [2.45, 2.75) is 39.4 Å². The van der Waals surface area contributed by atoms with Gasteiger partial charge >= 0.3 is 6.18 Å². The van der Waals surface area contributed by atoms with Gasteiger partial charge in [-0.05, 0) is 24.5 Å². The van der Waals surface area contributed by atoms with Crippen LogP contribution in [0.3, 0.4) is 0 Å². The third-order valence-electron chi connectivity index (χ3n) is 5.38. The highest BCUT2D eigenvalue weighted by Crippen LogP contribution is 2.32. The number of aromatic nitrogens is 5. The number of nitrogens with one attached hydrogen (secondary N) is 1. The fraction of sp³-hybridized carbons (Fsp3) is 0.304. The Bertz CT molecular complexity index is 1320. The number of aryl methyl sites for hydroxylation is 2. The topological polar surface area (TPSA) is 77.1 Å².